The van der Waals surface area contributed by atoms with Crippen molar-refractivity contribution in [2.24, 2.45) is 5.92 Å². The minimum Gasteiger partial charge on any atom is -0.480 e. The molecule has 2 fully saturated rings. The molecule has 1 aliphatic heterocycles. The number of fused-ring (bicyclic) bond motifs is 1. The first kappa shape index (κ1) is 14.3. The van der Waals surface area contributed by atoms with Gasteiger partial charge in [0, 0.05) is 6.04 Å². The van der Waals surface area contributed by atoms with Gasteiger partial charge < -0.3 is 5.11 Å². The average molecular weight is 286 g/mol. The van der Waals surface area contributed by atoms with E-state index in [-0.39, 0.29) is 12.0 Å². The fourth-order valence-electron chi connectivity index (χ4n) is 3.38. The Kier molecular flexibility index (Phi) is 4.11. The van der Waals surface area contributed by atoms with Crippen LogP contribution in [0.15, 0.2) is 0 Å². The molecular formula is C12H18N2O4S. The molecule has 1 saturated carbocycles. The molecule has 6 nitrogen and oxygen atoms in total. The number of carboxylic acids is 1. The Labute approximate surface area is 113 Å². The van der Waals surface area contributed by atoms with E-state index in [1.165, 1.54) is 0 Å². The molecule has 2 rings (SSSR count). The van der Waals surface area contributed by atoms with Gasteiger partial charge in [0.15, 0.2) is 5.75 Å². The highest BCUT2D eigenvalue weighted by Crippen LogP contribution is 2.39. The number of carboxylic acid groups (broad SMARTS) is 1. The van der Waals surface area contributed by atoms with E-state index in [1.54, 1.807) is 6.07 Å². The monoisotopic (exact) mass is 286 g/mol. The van der Waals surface area contributed by atoms with E-state index in [0.717, 1.165) is 30.0 Å². The Hall–Kier alpha value is -1.13. The molecule has 19 heavy (non-hydrogen) atoms. The summed E-state index contributed by atoms with van der Waals surface area (Å²) in [6.45, 7) is 0. The number of hydrogen-bond donors (Lipinski definition) is 1. The van der Waals surface area contributed by atoms with Crippen LogP contribution in [-0.4, -0.2) is 41.6 Å². The second-order valence-corrected chi connectivity index (χ2v) is 7.16. The maximum Gasteiger partial charge on any atom is 0.322 e. The predicted molar refractivity (Wildman–Crippen MR) is 67.6 cm³/mol. The molecule has 0 spiro atoms. The molecule has 1 heterocycles. The molecule has 2 aliphatic rings. The van der Waals surface area contributed by atoms with E-state index in [9.17, 15) is 18.3 Å². The first-order valence-corrected chi connectivity index (χ1v) is 8.19. The van der Waals surface area contributed by atoms with Crippen LogP contribution >= 0.6 is 0 Å². The summed E-state index contributed by atoms with van der Waals surface area (Å²) >= 11 is 0. The largest absolute Gasteiger partial charge is 0.480 e. The van der Waals surface area contributed by atoms with Crippen molar-refractivity contribution in [3.05, 3.63) is 0 Å². The van der Waals surface area contributed by atoms with Crippen LogP contribution in [0.1, 0.15) is 38.5 Å². The van der Waals surface area contributed by atoms with E-state index in [0.29, 0.717) is 12.8 Å². The molecule has 0 aromatic heterocycles. The van der Waals surface area contributed by atoms with Crippen molar-refractivity contribution in [3.8, 4) is 6.07 Å². The molecule has 1 saturated heterocycles. The lowest BCUT2D eigenvalue weighted by atomic mass is 9.78. The number of hydrogen-bond acceptors (Lipinski definition) is 4. The SMILES string of the molecule is N#CCS(=O)(=O)N1C(C(=O)O)CCC2CCCCC21. The lowest BCUT2D eigenvalue weighted by molar-refractivity contribution is -0.144. The van der Waals surface area contributed by atoms with E-state index in [2.05, 4.69) is 0 Å². The van der Waals surface area contributed by atoms with Crippen molar-refractivity contribution in [2.45, 2.75) is 50.6 Å². The number of sulfonamides is 1. The number of rotatable bonds is 3. The predicted octanol–water partition coefficient (Wildman–Crippen LogP) is 0.948. The second kappa shape index (κ2) is 5.47. The summed E-state index contributed by atoms with van der Waals surface area (Å²) in [5, 5.41) is 17.9. The summed E-state index contributed by atoms with van der Waals surface area (Å²) in [5.41, 5.74) is 0. The van der Waals surface area contributed by atoms with Gasteiger partial charge >= 0.3 is 5.97 Å². The molecule has 0 aromatic carbocycles. The Morgan fingerprint density at radius 2 is 1.95 bits per heavy atom. The minimum absolute atomic E-state index is 0.234. The maximum absolute atomic E-state index is 12.2. The number of aliphatic carboxylic acids is 1. The van der Waals surface area contributed by atoms with Gasteiger partial charge in [-0.2, -0.15) is 9.57 Å². The highest BCUT2D eigenvalue weighted by molar-refractivity contribution is 7.89. The van der Waals surface area contributed by atoms with Gasteiger partial charge in [-0.1, -0.05) is 12.8 Å². The van der Waals surface area contributed by atoms with Crippen LogP contribution in [0.3, 0.4) is 0 Å². The molecule has 0 aromatic rings. The number of nitriles is 1. The van der Waals surface area contributed by atoms with Crippen LogP contribution in [0.4, 0.5) is 0 Å². The van der Waals surface area contributed by atoms with Crippen molar-refractivity contribution < 1.29 is 18.3 Å². The molecule has 106 valence electrons. The van der Waals surface area contributed by atoms with Crippen LogP contribution in [0.2, 0.25) is 0 Å². The molecule has 3 atom stereocenters. The first-order valence-electron chi connectivity index (χ1n) is 6.58. The molecule has 1 N–H and O–H groups in total. The lowest BCUT2D eigenvalue weighted by Gasteiger charge is -2.45. The average Bonchev–Trinajstić information content (AvgIpc) is 2.37. The highest BCUT2D eigenvalue weighted by atomic mass is 32.2. The normalized spacial score (nSPS) is 32.3. The fourth-order valence-corrected chi connectivity index (χ4v) is 4.96. The van der Waals surface area contributed by atoms with Crippen LogP contribution in [0.5, 0.6) is 0 Å². The standard InChI is InChI=1S/C12H18N2O4S/c13-7-8-19(17,18)14-10-4-2-1-3-9(10)5-6-11(14)12(15)16/h9-11H,1-6,8H2,(H,15,16). The third-order valence-electron chi connectivity index (χ3n) is 4.17. The first-order chi connectivity index (χ1) is 8.97. The van der Waals surface area contributed by atoms with Gasteiger partial charge in [0.25, 0.3) is 0 Å². The Bertz CT molecular complexity index is 496. The summed E-state index contributed by atoms with van der Waals surface area (Å²) in [7, 11) is -3.81. The zero-order valence-electron chi connectivity index (χ0n) is 10.7. The summed E-state index contributed by atoms with van der Waals surface area (Å²) < 4.78 is 25.5. The third-order valence-corrected chi connectivity index (χ3v) is 5.83. The van der Waals surface area contributed by atoms with Gasteiger partial charge in [-0.3, -0.25) is 4.79 Å². The van der Waals surface area contributed by atoms with Crippen molar-refractivity contribution in [2.75, 3.05) is 5.75 Å². The van der Waals surface area contributed by atoms with Crippen LogP contribution in [0.25, 0.3) is 0 Å². The molecule has 1 aliphatic carbocycles. The van der Waals surface area contributed by atoms with E-state index in [1.807, 2.05) is 0 Å². The van der Waals surface area contributed by atoms with Gasteiger partial charge in [0.05, 0.1) is 6.07 Å². The molecule has 7 heteroatoms. The quantitative estimate of drug-likeness (QED) is 0.832. The lowest BCUT2D eigenvalue weighted by Crippen LogP contribution is -2.57. The molecule has 0 radical (unpaired) electrons. The topological polar surface area (TPSA) is 98.5 Å². The number of piperidine rings is 1. The summed E-state index contributed by atoms with van der Waals surface area (Å²) in [6.07, 6.45) is 4.77. The van der Waals surface area contributed by atoms with Crippen LogP contribution < -0.4 is 0 Å². The maximum atomic E-state index is 12.2. The van der Waals surface area contributed by atoms with Gasteiger partial charge in [-0.15, -0.1) is 0 Å². The Balaban J connectivity index is 2.35. The molecule has 3 unspecified atom stereocenters. The third kappa shape index (κ3) is 2.74. The van der Waals surface area contributed by atoms with Crippen molar-refractivity contribution in [1.29, 1.82) is 5.26 Å². The van der Waals surface area contributed by atoms with Crippen molar-refractivity contribution >= 4 is 16.0 Å². The zero-order valence-corrected chi connectivity index (χ0v) is 11.5. The highest BCUT2D eigenvalue weighted by Gasteiger charge is 2.46. The van der Waals surface area contributed by atoms with E-state index < -0.39 is 27.8 Å². The molecule has 0 amide bonds. The van der Waals surface area contributed by atoms with Crippen molar-refractivity contribution in [1.82, 2.24) is 4.31 Å². The van der Waals surface area contributed by atoms with Crippen LogP contribution in [-0.2, 0) is 14.8 Å². The number of carbonyl (C=O) groups is 1. The minimum atomic E-state index is -3.81. The smallest absolute Gasteiger partial charge is 0.322 e. The van der Waals surface area contributed by atoms with Gasteiger partial charge in [-0.25, -0.2) is 8.42 Å². The zero-order chi connectivity index (χ0) is 14.0. The molecular weight excluding hydrogens is 268 g/mol. The van der Waals surface area contributed by atoms with Gasteiger partial charge in [-0.05, 0) is 31.6 Å². The van der Waals surface area contributed by atoms with Crippen LogP contribution in [0, 0.1) is 17.2 Å². The van der Waals surface area contributed by atoms with E-state index >= 15 is 0 Å². The summed E-state index contributed by atoms with van der Waals surface area (Å²) in [5.74, 6) is -1.50. The summed E-state index contributed by atoms with van der Waals surface area (Å²) in [4.78, 5) is 11.3. The second-order valence-electron chi connectivity index (χ2n) is 5.29. The fraction of sp³-hybridized carbons (Fsp3) is 0.833. The van der Waals surface area contributed by atoms with E-state index in [4.69, 9.17) is 5.26 Å². The van der Waals surface area contributed by atoms with Crippen molar-refractivity contribution in [3.63, 3.8) is 0 Å². The number of nitrogens with zero attached hydrogens (tertiary/aromatic N) is 2. The molecule has 0 bridgehead atoms. The summed E-state index contributed by atoms with van der Waals surface area (Å²) in [6, 6.07) is 0.401. The Morgan fingerprint density at radius 1 is 1.26 bits per heavy atom. The van der Waals surface area contributed by atoms with Gasteiger partial charge in [0.1, 0.15) is 6.04 Å². The Morgan fingerprint density at radius 3 is 2.58 bits per heavy atom. The van der Waals surface area contributed by atoms with Gasteiger partial charge in [0.2, 0.25) is 10.0 Å².